The number of para-hydroxylation sites is 3. The molecule has 0 N–H and O–H groups in total. The number of anilines is 3. The third-order valence-corrected chi connectivity index (χ3v) is 11.0. The monoisotopic (exact) mass is 702 g/mol. The van der Waals surface area contributed by atoms with E-state index in [0.29, 0.717) is 0 Å². The van der Waals surface area contributed by atoms with Crippen LogP contribution in [-0.4, -0.2) is 4.57 Å². The fourth-order valence-electron chi connectivity index (χ4n) is 8.45. The smallest absolute Gasteiger partial charge is 0.138 e. The van der Waals surface area contributed by atoms with E-state index < -0.39 is 0 Å². The van der Waals surface area contributed by atoms with Crippen LogP contribution in [0.15, 0.2) is 211 Å². The molecule has 0 amide bonds. The first-order valence-corrected chi connectivity index (χ1v) is 18.8. The number of rotatable bonds is 6. The summed E-state index contributed by atoms with van der Waals surface area (Å²) in [6, 6.07) is 73.8. The molecule has 2 aromatic heterocycles. The van der Waals surface area contributed by atoms with Crippen LogP contribution in [0.3, 0.4) is 0 Å². The van der Waals surface area contributed by atoms with Gasteiger partial charge in [-0.2, -0.15) is 0 Å². The molecule has 0 bridgehead atoms. The van der Waals surface area contributed by atoms with Crippen molar-refractivity contribution in [2.75, 3.05) is 4.90 Å². The van der Waals surface area contributed by atoms with Crippen LogP contribution in [0.2, 0.25) is 0 Å². The fourth-order valence-corrected chi connectivity index (χ4v) is 8.45. The van der Waals surface area contributed by atoms with Crippen LogP contribution in [0, 0.1) is 0 Å². The van der Waals surface area contributed by atoms with Crippen LogP contribution >= 0.6 is 0 Å². The number of hydrogen-bond donors (Lipinski definition) is 0. The van der Waals surface area contributed by atoms with Crippen molar-refractivity contribution in [3.05, 3.63) is 206 Å². The van der Waals surface area contributed by atoms with Crippen LogP contribution < -0.4 is 4.90 Å². The van der Waals surface area contributed by atoms with Crippen molar-refractivity contribution >= 4 is 71.6 Å². The molecular weight excluding hydrogens is 669 g/mol. The van der Waals surface area contributed by atoms with Crippen molar-refractivity contribution in [2.45, 2.75) is 0 Å². The van der Waals surface area contributed by atoms with Gasteiger partial charge in [-0.25, -0.2) is 0 Å². The Balaban J connectivity index is 1.12. The zero-order valence-corrected chi connectivity index (χ0v) is 29.9. The number of benzene rings is 9. The van der Waals surface area contributed by atoms with E-state index in [1.54, 1.807) is 0 Å². The fraction of sp³-hybridized carbons (Fsp3) is 0. The third-order valence-electron chi connectivity index (χ3n) is 11.0. The topological polar surface area (TPSA) is 21.3 Å². The van der Waals surface area contributed by atoms with Crippen molar-refractivity contribution < 1.29 is 4.42 Å². The minimum atomic E-state index is 0.878. The van der Waals surface area contributed by atoms with E-state index in [1.807, 2.05) is 6.07 Å². The lowest BCUT2D eigenvalue weighted by atomic mass is 9.93. The molecule has 3 nitrogen and oxygen atoms in total. The predicted octanol–water partition coefficient (Wildman–Crippen LogP) is 14.6. The summed E-state index contributed by atoms with van der Waals surface area (Å²) < 4.78 is 9.06. The lowest BCUT2D eigenvalue weighted by Gasteiger charge is -2.26. The summed E-state index contributed by atoms with van der Waals surface area (Å²) in [5, 5.41) is 7.13. The minimum Gasteiger partial charge on any atom is -0.456 e. The van der Waals surface area contributed by atoms with E-state index in [4.69, 9.17) is 4.42 Å². The molecule has 0 saturated carbocycles. The van der Waals surface area contributed by atoms with Gasteiger partial charge >= 0.3 is 0 Å². The molecule has 0 atom stereocenters. The van der Waals surface area contributed by atoms with Gasteiger partial charge < -0.3 is 13.9 Å². The standard InChI is InChI=1S/C52H34N2O/c1-3-13-35(14-4-1)37-23-25-38(26-24-37)50-51-44-19-9-11-21-46(44)54(47(51)34-49-52(50)45-20-10-12-22-48(45)55-49)42-31-29-41(30-32-42)53(40-17-5-2-6-18-40)43-28-27-36-15-7-8-16-39(36)33-43/h1-34H. The van der Waals surface area contributed by atoms with Gasteiger partial charge in [-0.3, -0.25) is 0 Å². The highest BCUT2D eigenvalue weighted by molar-refractivity contribution is 6.27. The Labute approximate surface area is 318 Å². The molecule has 0 saturated heterocycles. The van der Waals surface area contributed by atoms with Crippen LogP contribution in [-0.2, 0) is 0 Å². The van der Waals surface area contributed by atoms with E-state index in [0.717, 1.165) is 61.3 Å². The normalized spacial score (nSPS) is 11.6. The number of nitrogens with zero attached hydrogens (tertiary/aromatic N) is 2. The average Bonchev–Trinajstić information content (AvgIpc) is 3.79. The van der Waals surface area contributed by atoms with Gasteiger partial charge in [0.15, 0.2) is 0 Å². The second-order valence-corrected chi connectivity index (χ2v) is 14.1. The molecule has 258 valence electrons. The maximum Gasteiger partial charge on any atom is 0.138 e. The first kappa shape index (κ1) is 31.2. The van der Waals surface area contributed by atoms with Gasteiger partial charge in [-0.05, 0) is 88.1 Å². The molecule has 9 aromatic carbocycles. The highest BCUT2D eigenvalue weighted by Crippen LogP contribution is 2.47. The Kier molecular flexibility index (Phi) is 7.17. The highest BCUT2D eigenvalue weighted by atomic mass is 16.3. The zero-order valence-electron chi connectivity index (χ0n) is 29.9. The van der Waals surface area contributed by atoms with Gasteiger partial charge in [0.05, 0.1) is 11.0 Å². The summed E-state index contributed by atoms with van der Waals surface area (Å²) in [5.41, 5.74) is 13.2. The van der Waals surface area contributed by atoms with Gasteiger partial charge in [-0.1, -0.05) is 140 Å². The Bertz CT molecular complexity index is 3180. The Morgan fingerprint density at radius 2 is 0.964 bits per heavy atom. The molecule has 55 heavy (non-hydrogen) atoms. The quantitative estimate of drug-likeness (QED) is 0.172. The molecular formula is C52H34N2O. The molecule has 0 aliphatic heterocycles. The van der Waals surface area contributed by atoms with Gasteiger partial charge in [0.1, 0.15) is 11.2 Å². The number of furan rings is 1. The summed E-state index contributed by atoms with van der Waals surface area (Å²) in [5.74, 6) is 0. The molecule has 0 aliphatic rings. The van der Waals surface area contributed by atoms with Crippen molar-refractivity contribution in [3.8, 4) is 27.9 Å². The van der Waals surface area contributed by atoms with Crippen LogP contribution in [0.4, 0.5) is 17.1 Å². The van der Waals surface area contributed by atoms with E-state index in [2.05, 4.69) is 210 Å². The van der Waals surface area contributed by atoms with Crippen molar-refractivity contribution in [1.82, 2.24) is 4.57 Å². The highest BCUT2D eigenvalue weighted by Gasteiger charge is 2.23. The Morgan fingerprint density at radius 1 is 0.364 bits per heavy atom. The van der Waals surface area contributed by atoms with Crippen molar-refractivity contribution in [3.63, 3.8) is 0 Å². The predicted molar refractivity (Wildman–Crippen MR) is 231 cm³/mol. The van der Waals surface area contributed by atoms with E-state index >= 15 is 0 Å². The second-order valence-electron chi connectivity index (χ2n) is 14.1. The summed E-state index contributed by atoms with van der Waals surface area (Å²) >= 11 is 0. The molecule has 0 radical (unpaired) electrons. The summed E-state index contributed by atoms with van der Waals surface area (Å²) in [4.78, 5) is 2.33. The van der Waals surface area contributed by atoms with Gasteiger partial charge in [0.2, 0.25) is 0 Å². The molecule has 11 rings (SSSR count). The second kappa shape index (κ2) is 12.6. The maximum absolute atomic E-state index is 6.66. The zero-order chi connectivity index (χ0) is 36.3. The summed E-state index contributed by atoms with van der Waals surface area (Å²) in [6.45, 7) is 0. The summed E-state index contributed by atoms with van der Waals surface area (Å²) in [6.07, 6.45) is 0. The first-order valence-electron chi connectivity index (χ1n) is 18.8. The number of aromatic nitrogens is 1. The van der Waals surface area contributed by atoms with E-state index in [9.17, 15) is 0 Å². The van der Waals surface area contributed by atoms with E-state index in [-0.39, 0.29) is 0 Å². The molecule has 0 unspecified atom stereocenters. The lowest BCUT2D eigenvalue weighted by Crippen LogP contribution is -2.10. The number of fused-ring (bicyclic) bond motifs is 7. The minimum absolute atomic E-state index is 0.878. The largest absolute Gasteiger partial charge is 0.456 e. The van der Waals surface area contributed by atoms with Gasteiger partial charge in [0, 0.05) is 55.9 Å². The molecule has 0 fully saturated rings. The Morgan fingerprint density at radius 3 is 1.76 bits per heavy atom. The molecule has 0 aliphatic carbocycles. The first-order chi connectivity index (χ1) is 27.3. The number of hydrogen-bond acceptors (Lipinski definition) is 2. The molecule has 11 aromatic rings. The van der Waals surface area contributed by atoms with Gasteiger partial charge in [-0.15, -0.1) is 0 Å². The van der Waals surface area contributed by atoms with Crippen molar-refractivity contribution in [2.24, 2.45) is 0 Å². The van der Waals surface area contributed by atoms with E-state index in [1.165, 1.54) is 38.2 Å². The maximum atomic E-state index is 6.66. The lowest BCUT2D eigenvalue weighted by molar-refractivity contribution is 0.669. The third kappa shape index (κ3) is 5.13. The van der Waals surface area contributed by atoms with Crippen LogP contribution in [0.25, 0.3) is 82.5 Å². The average molecular weight is 703 g/mol. The van der Waals surface area contributed by atoms with Crippen molar-refractivity contribution in [1.29, 1.82) is 0 Å². The van der Waals surface area contributed by atoms with Crippen LogP contribution in [0.5, 0.6) is 0 Å². The van der Waals surface area contributed by atoms with Gasteiger partial charge in [0.25, 0.3) is 0 Å². The molecule has 3 heteroatoms. The SMILES string of the molecule is c1ccc(-c2ccc(-c3c4c(cc5c3c3ccccc3n5-c3ccc(N(c5ccccc5)c5ccc6ccccc6c5)cc3)oc3ccccc34)cc2)cc1. The Hall–Kier alpha value is -7.36. The van der Waals surface area contributed by atoms with Crippen LogP contribution in [0.1, 0.15) is 0 Å². The molecule has 0 spiro atoms. The molecule has 2 heterocycles. The summed E-state index contributed by atoms with van der Waals surface area (Å²) in [7, 11) is 0.